The molecule has 8 heteroatoms. The Hall–Kier alpha value is -1.09. The zero-order chi connectivity index (χ0) is 20.2. The van der Waals surface area contributed by atoms with E-state index in [0.29, 0.717) is 23.1 Å². The predicted octanol–water partition coefficient (Wildman–Crippen LogP) is 0.849. The normalized spacial score (nSPS) is 39.9. The maximum atomic E-state index is 12.5. The van der Waals surface area contributed by atoms with Crippen molar-refractivity contribution < 1.29 is 19.8 Å². The van der Waals surface area contributed by atoms with E-state index >= 15 is 0 Å². The number of carbonyl (C=O) groups is 2. The number of β-lactam (4-membered cyclic amide) rings is 1. The molecule has 0 radical (unpaired) electrons. The minimum absolute atomic E-state index is 0.0519. The summed E-state index contributed by atoms with van der Waals surface area (Å²) in [5, 5.41) is 27.1. The molecule has 156 valence electrons. The predicted molar refractivity (Wildman–Crippen MR) is 108 cm³/mol. The molecular formula is C20H31N3O4S. The van der Waals surface area contributed by atoms with Gasteiger partial charge in [-0.05, 0) is 44.7 Å². The van der Waals surface area contributed by atoms with Crippen LogP contribution in [0.3, 0.4) is 0 Å². The van der Waals surface area contributed by atoms with E-state index in [9.17, 15) is 19.8 Å². The smallest absolute Gasteiger partial charge is 0.353 e. The molecule has 3 saturated heterocycles. The zero-order valence-electron chi connectivity index (χ0n) is 16.7. The van der Waals surface area contributed by atoms with Gasteiger partial charge in [-0.1, -0.05) is 13.8 Å². The number of fused-ring (bicyclic) bond motifs is 1. The highest BCUT2D eigenvalue weighted by Gasteiger charge is 2.60. The van der Waals surface area contributed by atoms with Crippen molar-refractivity contribution in [3.63, 3.8) is 0 Å². The van der Waals surface area contributed by atoms with Crippen LogP contribution in [0.2, 0.25) is 0 Å². The lowest BCUT2D eigenvalue weighted by Gasteiger charge is -2.46. The van der Waals surface area contributed by atoms with Crippen LogP contribution < -0.4 is 10.6 Å². The average Bonchev–Trinajstić information content (AvgIpc) is 3.35. The van der Waals surface area contributed by atoms with Gasteiger partial charge in [0.1, 0.15) is 5.70 Å². The Morgan fingerprint density at radius 2 is 2.07 bits per heavy atom. The molecule has 4 heterocycles. The third-order valence-corrected chi connectivity index (χ3v) is 8.72. The molecule has 0 aromatic carbocycles. The van der Waals surface area contributed by atoms with E-state index in [2.05, 4.69) is 17.6 Å². The first-order valence-corrected chi connectivity index (χ1v) is 11.3. The van der Waals surface area contributed by atoms with Gasteiger partial charge in [0, 0.05) is 28.7 Å². The van der Waals surface area contributed by atoms with Gasteiger partial charge in [0.25, 0.3) is 0 Å². The lowest BCUT2D eigenvalue weighted by molar-refractivity contribution is -0.163. The van der Waals surface area contributed by atoms with Crippen molar-refractivity contribution in [2.45, 2.75) is 57.1 Å². The number of hydrogen-bond acceptors (Lipinski definition) is 6. The number of nitrogens with zero attached hydrogens (tertiary/aromatic N) is 1. The number of aliphatic carboxylic acids is 1. The van der Waals surface area contributed by atoms with E-state index in [0.717, 1.165) is 31.0 Å². The quantitative estimate of drug-likeness (QED) is 0.483. The van der Waals surface area contributed by atoms with Crippen molar-refractivity contribution in [3.8, 4) is 0 Å². The molecule has 8 atom stereocenters. The number of nitrogens with one attached hydrogen (secondary N) is 2. The second kappa shape index (κ2) is 7.63. The Bertz CT molecular complexity index is 691. The van der Waals surface area contributed by atoms with Crippen LogP contribution in [0.1, 0.15) is 33.6 Å². The van der Waals surface area contributed by atoms with E-state index in [-0.39, 0.29) is 23.6 Å². The number of carboxylic acids is 1. The van der Waals surface area contributed by atoms with Crippen molar-refractivity contribution >= 4 is 23.6 Å². The molecule has 0 saturated carbocycles. The van der Waals surface area contributed by atoms with E-state index in [1.165, 1.54) is 11.3 Å². The number of thioether (sulfide) groups is 1. The molecule has 0 unspecified atom stereocenters. The zero-order valence-corrected chi connectivity index (χ0v) is 17.5. The van der Waals surface area contributed by atoms with Crippen LogP contribution in [-0.4, -0.2) is 70.1 Å². The monoisotopic (exact) mass is 409 g/mol. The fourth-order valence-corrected chi connectivity index (χ4v) is 7.03. The molecule has 0 bridgehead atoms. The molecule has 3 fully saturated rings. The van der Waals surface area contributed by atoms with Crippen molar-refractivity contribution in [2.75, 3.05) is 19.6 Å². The molecule has 4 aliphatic rings. The van der Waals surface area contributed by atoms with Gasteiger partial charge in [-0.15, -0.1) is 11.8 Å². The first kappa shape index (κ1) is 20.2. The Balaban J connectivity index is 1.47. The fraction of sp³-hybridized carbons (Fsp3) is 0.800. The highest BCUT2D eigenvalue weighted by Crippen LogP contribution is 2.52. The van der Waals surface area contributed by atoms with Gasteiger partial charge in [-0.3, -0.25) is 4.79 Å². The Labute approximate surface area is 170 Å². The molecule has 0 spiro atoms. The largest absolute Gasteiger partial charge is 0.477 e. The van der Waals surface area contributed by atoms with E-state index in [4.69, 9.17) is 0 Å². The third-order valence-electron chi connectivity index (χ3n) is 7.21. The summed E-state index contributed by atoms with van der Waals surface area (Å²) in [5.74, 6) is -0.551. The van der Waals surface area contributed by atoms with E-state index < -0.39 is 18.0 Å². The number of aliphatic hydroxyl groups excluding tert-OH is 1. The van der Waals surface area contributed by atoms with Crippen molar-refractivity contribution in [1.82, 2.24) is 15.5 Å². The minimum atomic E-state index is -1.04. The molecular weight excluding hydrogens is 378 g/mol. The highest BCUT2D eigenvalue weighted by molar-refractivity contribution is 8.03. The molecule has 7 nitrogen and oxygen atoms in total. The third kappa shape index (κ3) is 3.18. The van der Waals surface area contributed by atoms with Crippen LogP contribution in [0, 0.1) is 23.7 Å². The summed E-state index contributed by atoms with van der Waals surface area (Å²) in [6.45, 7) is 8.97. The van der Waals surface area contributed by atoms with Gasteiger partial charge in [0.05, 0.1) is 18.1 Å². The van der Waals surface area contributed by atoms with Crippen LogP contribution in [-0.2, 0) is 9.59 Å². The second-order valence-electron chi connectivity index (χ2n) is 8.87. The topological polar surface area (TPSA) is 102 Å². The van der Waals surface area contributed by atoms with Gasteiger partial charge < -0.3 is 25.7 Å². The molecule has 1 amide bonds. The van der Waals surface area contributed by atoms with Crippen molar-refractivity contribution in [1.29, 1.82) is 0 Å². The maximum Gasteiger partial charge on any atom is 0.353 e. The van der Waals surface area contributed by atoms with Gasteiger partial charge >= 0.3 is 5.97 Å². The number of carboxylic acid groups (broad SMARTS) is 1. The first-order chi connectivity index (χ1) is 13.3. The van der Waals surface area contributed by atoms with Crippen LogP contribution >= 0.6 is 11.8 Å². The summed E-state index contributed by atoms with van der Waals surface area (Å²) < 4.78 is 0. The summed E-state index contributed by atoms with van der Waals surface area (Å²) in [6.07, 6.45) is 1.49. The summed E-state index contributed by atoms with van der Waals surface area (Å²) in [6, 6.07) is 0.228. The van der Waals surface area contributed by atoms with Gasteiger partial charge in [-0.25, -0.2) is 4.79 Å². The standard InChI is InChI=1S/C20H31N3O4S/c1-9(12-4-5-21-7-12)14-6-13(8-22-14)28-18-10(2)16-15(11(3)24)19(25)23(16)17(18)20(26)27/h9-16,21-22,24H,4-8H2,1-3H3,(H,26,27)/t9-,10-,11-,12-,13+,14+,15-,16-/m1/s1. The first-order valence-electron chi connectivity index (χ1n) is 10.4. The number of aliphatic hydroxyl groups is 1. The summed E-state index contributed by atoms with van der Waals surface area (Å²) >= 11 is 1.63. The molecule has 4 rings (SSSR count). The van der Waals surface area contributed by atoms with Crippen LogP contribution in [0.5, 0.6) is 0 Å². The average molecular weight is 410 g/mol. The SMILES string of the molecule is C[C@H]([C@@H]1CCNC1)[C@@H]1C[C@H](SC2=C(C(=O)O)N3C(=O)[C@H]([C@@H](C)O)[C@H]3[C@H]2C)CN1. The van der Waals surface area contributed by atoms with Gasteiger partial charge in [0.2, 0.25) is 5.91 Å². The van der Waals surface area contributed by atoms with Gasteiger partial charge in [0.15, 0.2) is 0 Å². The number of amides is 1. The maximum absolute atomic E-state index is 12.5. The molecule has 28 heavy (non-hydrogen) atoms. The number of rotatable bonds is 6. The molecule has 0 aromatic rings. The molecule has 0 aromatic heterocycles. The summed E-state index contributed by atoms with van der Waals surface area (Å²) in [4.78, 5) is 26.6. The van der Waals surface area contributed by atoms with Crippen molar-refractivity contribution in [3.05, 3.63) is 10.6 Å². The lowest BCUT2D eigenvalue weighted by Crippen LogP contribution is -2.63. The highest BCUT2D eigenvalue weighted by atomic mass is 32.2. The van der Waals surface area contributed by atoms with Crippen LogP contribution in [0.25, 0.3) is 0 Å². The van der Waals surface area contributed by atoms with Crippen LogP contribution in [0.15, 0.2) is 10.6 Å². The molecule has 0 aliphatic carbocycles. The summed E-state index contributed by atoms with van der Waals surface area (Å²) in [5.41, 5.74) is 0.140. The van der Waals surface area contributed by atoms with Crippen LogP contribution in [0.4, 0.5) is 0 Å². The Morgan fingerprint density at radius 1 is 1.32 bits per heavy atom. The Morgan fingerprint density at radius 3 is 2.68 bits per heavy atom. The van der Waals surface area contributed by atoms with E-state index in [1.54, 1.807) is 18.7 Å². The van der Waals surface area contributed by atoms with Crippen molar-refractivity contribution in [2.24, 2.45) is 23.7 Å². The Kier molecular flexibility index (Phi) is 5.50. The number of carbonyl (C=O) groups excluding carboxylic acids is 1. The fourth-order valence-electron chi connectivity index (χ4n) is 5.54. The summed E-state index contributed by atoms with van der Waals surface area (Å²) in [7, 11) is 0. The van der Waals surface area contributed by atoms with E-state index in [1.807, 2.05) is 6.92 Å². The number of hydrogen-bond donors (Lipinski definition) is 4. The second-order valence-corrected chi connectivity index (χ2v) is 10.2. The minimum Gasteiger partial charge on any atom is -0.477 e. The lowest BCUT2D eigenvalue weighted by atomic mass is 9.79. The van der Waals surface area contributed by atoms with Gasteiger partial charge in [-0.2, -0.15) is 0 Å². The molecule has 4 N–H and O–H groups in total. The molecule has 4 aliphatic heterocycles.